The van der Waals surface area contributed by atoms with E-state index >= 15 is 0 Å². The molecule has 0 spiro atoms. The lowest BCUT2D eigenvalue weighted by Gasteiger charge is -2.15. The molecule has 32 heavy (non-hydrogen) atoms. The van der Waals surface area contributed by atoms with Crippen LogP contribution in [0.4, 0.5) is 5.69 Å². The van der Waals surface area contributed by atoms with Gasteiger partial charge in [0.1, 0.15) is 5.75 Å². The van der Waals surface area contributed by atoms with Gasteiger partial charge in [0.25, 0.3) is 15.9 Å². The summed E-state index contributed by atoms with van der Waals surface area (Å²) < 4.78 is 34.4. The van der Waals surface area contributed by atoms with Crippen LogP contribution in [-0.4, -0.2) is 20.9 Å². The molecule has 0 aliphatic heterocycles. The van der Waals surface area contributed by atoms with E-state index in [1.54, 1.807) is 12.1 Å². The number of carbonyl (C=O) groups is 1. The summed E-state index contributed by atoms with van der Waals surface area (Å²) >= 11 is 3.39. The lowest BCUT2D eigenvalue weighted by molar-refractivity contribution is -0.123. The summed E-state index contributed by atoms with van der Waals surface area (Å²) in [6, 6.07) is 19.0. The number of carbonyl (C=O) groups excluding carboxylic acids is 1. The maximum atomic E-state index is 12.7. The van der Waals surface area contributed by atoms with Crippen molar-refractivity contribution in [3.8, 4) is 5.75 Å². The van der Waals surface area contributed by atoms with Crippen LogP contribution >= 0.6 is 15.9 Å². The van der Waals surface area contributed by atoms with E-state index < -0.39 is 10.0 Å². The van der Waals surface area contributed by atoms with Crippen LogP contribution in [0.15, 0.2) is 76.1 Å². The molecule has 1 amide bonds. The second kappa shape index (κ2) is 10.2. The summed E-state index contributed by atoms with van der Waals surface area (Å²) in [5, 5.41) is 2.87. The Hall–Kier alpha value is -2.84. The lowest BCUT2D eigenvalue weighted by atomic mass is 10.1. The number of ether oxygens (including phenoxy) is 1. The van der Waals surface area contributed by atoms with Crippen molar-refractivity contribution in [2.45, 2.75) is 31.7 Å². The summed E-state index contributed by atoms with van der Waals surface area (Å²) in [6.45, 7) is 5.54. The van der Waals surface area contributed by atoms with Crippen LogP contribution in [0.2, 0.25) is 0 Å². The minimum Gasteiger partial charge on any atom is -0.484 e. The van der Waals surface area contributed by atoms with Gasteiger partial charge in [-0.15, -0.1) is 0 Å². The molecule has 0 fully saturated rings. The van der Waals surface area contributed by atoms with Crippen molar-refractivity contribution in [3.63, 3.8) is 0 Å². The molecule has 1 atom stereocenters. The van der Waals surface area contributed by atoms with E-state index in [0.717, 1.165) is 21.2 Å². The van der Waals surface area contributed by atoms with Crippen molar-refractivity contribution >= 4 is 37.5 Å². The molecule has 3 rings (SSSR count). The zero-order valence-corrected chi connectivity index (χ0v) is 20.5. The van der Waals surface area contributed by atoms with E-state index in [1.165, 1.54) is 24.3 Å². The zero-order valence-electron chi connectivity index (χ0n) is 18.1. The highest BCUT2D eigenvalue weighted by Crippen LogP contribution is 2.21. The summed E-state index contributed by atoms with van der Waals surface area (Å²) in [5.41, 5.74) is 3.44. The SMILES string of the molecule is Cc1cc(C)cc(NS(=O)(=O)c2ccc(OCC(=O)NC(C)c3ccc(Br)cc3)cc2)c1. The van der Waals surface area contributed by atoms with Gasteiger partial charge in [-0.05, 0) is 86.0 Å². The van der Waals surface area contributed by atoms with Crippen molar-refractivity contribution in [3.05, 3.63) is 87.9 Å². The highest BCUT2D eigenvalue weighted by Gasteiger charge is 2.15. The average molecular weight is 517 g/mol. The van der Waals surface area contributed by atoms with E-state index in [0.29, 0.717) is 11.4 Å². The van der Waals surface area contributed by atoms with Gasteiger partial charge in [0.05, 0.1) is 10.9 Å². The van der Waals surface area contributed by atoms with Gasteiger partial charge in [0.15, 0.2) is 6.61 Å². The Morgan fingerprint density at radius 3 is 2.16 bits per heavy atom. The van der Waals surface area contributed by atoms with Gasteiger partial charge < -0.3 is 10.1 Å². The second-order valence-electron chi connectivity index (χ2n) is 7.58. The molecule has 8 heteroatoms. The Bertz CT molecular complexity index is 1170. The number of nitrogens with one attached hydrogen (secondary N) is 2. The number of hydrogen-bond donors (Lipinski definition) is 2. The molecule has 0 heterocycles. The maximum absolute atomic E-state index is 12.7. The molecule has 6 nitrogen and oxygen atoms in total. The molecule has 168 valence electrons. The Morgan fingerprint density at radius 1 is 0.969 bits per heavy atom. The topological polar surface area (TPSA) is 84.5 Å². The number of amides is 1. The minimum absolute atomic E-state index is 0.109. The standard InChI is InChI=1S/C24H25BrN2O4S/c1-16-12-17(2)14-21(13-16)27-32(29,30)23-10-8-22(9-11-23)31-15-24(28)26-18(3)19-4-6-20(25)7-5-19/h4-14,18,27H,15H2,1-3H3,(H,26,28). The zero-order chi connectivity index (χ0) is 23.3. The van der Waals surface area contributed by atoms with Crippen LogP contribution < -0.4 is 14.8 Å². The highest BCUT2D eigenvalue weighted by molar-refractivity contribution is 9.10. The maximum Gasteiger partial charge on any atom is 0.261 e. The number of benzene rings is 3. The van der Waals surface area contributed by atoms with Crippen LogP contribution in [-0.2, 0) is 14.8 Å². The van der Waals surface area contributed by atoms with E-state index in [9.17, 15) is 13.2 Å². The van der Waals surface area contributed by atoms with Crippen LogP contribution in [0.3, 0.4) is 0 Å². The largest absolute Gasteiger partial charge is 0.484 e. The fourth-order valence-electron chi connectivity index (χ4n) is 3.23. The normalized spacial score (nSPS) is 12.1. The second-order valence-corrected chi connectivity index (χ2v) is 10.2. The van der Waals surface area contributed by atoms with E-state index in [1.807, 2.05) is 51.1 Å². The van der Waals surface area contributed by atoms with Gasteiger partial charge in [0.2, 0.25) is 0 Å². The quantitative estimate of drug-likeness (QED) is 0.434. The first-order chi connectivity index (χ1) is 15.1. The molecule has 0 aliphatic rings. The third-order valence-corrected chi connectivity index (χ3v) is 6.65. The van der Waals surface area contributed by atoms with Crippen LogP contribution in [0.5, 0.6) is 5.75 Å². The molecule has 0 aromatic heterocycles. The minimum atomic E-state index is -3.73. The number of rotatable bonds is 8. The summed E-state index contributed by atoms with van der Waals surface area (Å²) in [4.78, 5) is 12.3. The van der Waals surface area contributed by atoms with Gasteiger partial charge >= 0.3 is 0 Å². The Kier molecular flexibility index (Phi) is 7.58. The first kappa shape index (κ1) is 23.8. The lowest BCUT2D eigenvalue weighted by Crippen LogP contribution is -2.31. The van der Waals surface area contributed by atoms with Gasteiger partial charge in [0, 0.05) is 10.2 Å². The third kappa shape index (κ3) is 6.58. The van der Waals surface area contributed by atoms with Crippen molar-refractivity contribution in [2.24, 2.45) is 0 Å². The summed E-state index contributed by atoms with van der Waals surface area (Å²) in [7, 11) is -3.73. The molecule has 0 radical (unpaired) electrons. The first-order valence-corrected chi connectivity index (χ1v) is 12.3. The molecule has 3 aromatic carbocycles. The van der Waals surface area contributed by atoms with Crippen molar-refractivity contribution in [1.82, 2.24) is 5.32 Å². The van der Waals surface area contributed by atoms with E-state index in [-0.39, 0.29) is 23.5 Å². The molecule has 0 bridgehead atoms. The molecule has 0 saturated heterocycles. The van der Waals surface area contributed by atoms with Crippen molar-refractivity contribution < 1.29 is 17.9 Å². The predicted molar refractivity (Wildman–Crippen MR) is 129 cm³/mol. The molecule has 0 aliphatic carbocycles. The van der Waals surface area contributed by atoms with E-state index in [4.69, 9.17) is 4.74 Å². The number of hydrogen-bond acceptors (Lipinski definition) is 4. The van der Waals surface area contributed by atoms with Crippen molar-refractivity contribution in [1.29, 1.82) is 0 Å². The molecular formula is C24H25BrN2O4S. The van der Waals surface area contributed by atoms with Gasteiger partial charge in [-0.3, -0.25) is 9.52 Å². The number of aryl methyl sites for hydroxylation is 2. The Morgan fingerprint density at radius 2 is 1.56 bits per heavy atom. The summed E-state index contributed by atoms with van der Waals surface area (Å²) in [6.07, 6.45) is 0. The average Bonchev–Trinajstić information content (AvgIpc) is 2.72. The molecule has 1 unspecified atom stereocenters. The number of halogens is 1. The fraction of sp³-hybridized carbons (Fsp3) is 0.208. The van der Waals surface area contributed by atoms with Gasteiger partial charge in [-0.2, -0.15) is 0 Å². The molecule has 0 saturated carbocycles. The third-order valence-electron chi connectivity index (χ3n) is 4.73. The monoisotopic (exact) mass is 516 g/mol. The van der Waals surface area contributed by atoms with Crippen LogP contribution in [0.1, 0.15) is 29.7 Å². The van der Waals surface area contributed by atoms with Crippen LogP contribution in [0, 0.1) is 13.8 Å². The molecular weight excluding hydrogens is 492 g/mol. The predicted octanol–water partition coefficient (Wildman–Crippen LogP) is 5.12. The van der Waals surface area contributed by atoms with Crippen molar-refractivity contribution in [2.75, 3.05) is 11.3 Å². The molecule has 3 aromatic rings. The molecule has 2 N–H and O–H groups in total. The number of sulfonamides is 1. The van der Waals surface area contributed by atoms with Gasteiger partial charge in [-0.25, -0.2) is 8.42 Å². The van der Waals surface area contributed by atoms with E-state index in [2.05, 4.69) is 26.0 Å². The first-order valence-electron chi connectivity index (χ1n) is 10.0. The van der Waals surface area contributed by atoms with Gasteiger partial charge in [-0.1, -0.05) is 34.1 Å². The highest BCUT2D eigenvalue weighted by atomic mass is 79.9. The van der Waals surface area contributed by atoms with Crippen LogP contribution in [0.25, 0.3) is 0 Å². The smallest absolute Gasteiger partial charge is 0.261 e. The summed E-state index contributed by atoms with van der Waals surface area (Å²) in [5.74, 6) is 0.135. The Labute approximate surface area is 197 Å². The Balaban J connectivity index is 1.56. The number of anilines is 1. The fourth-order valence-corrected chi connectivity index (χ4v) is 4.53.